The first kappa shape index (κ1) is 35.9. The molecule has 0 aliphatic heterocycles. The molecule has 0 aliphatic carbocycles. The van der Waals surface area contributed by atoms with Crippen molar-refractivity contribution >= 4 is 15.8 Å². The summed E-state index contributed by atoms with van der Waals surface area (Å²) in [6, 6.07) is 14.4. The first-order valence-corrected chi connectivity index (χ1v) is 14.7. The van der Waals surface area contributed by atoms with Crippen LogP contribution in [0.15, 0.2) is 72.1 Å². The van der Waals surface area contributed by atoms with E-state index < -0.39 is 10.0 Å². The molecular formula is C30H36N5NaO6S. The fraction of sp³-hybridized carbons (Fsp3) is 0.333. The summed E-state index contributed by atoms with van der Waals surface area (Å²) in [4.78, 5) is 16.6. The van der Waals surface area contributed by atoms with E-state index in [-0.39, 0.29) is 77.4 Å². The van der Waals surface area contributed by atoms with Crippen LogP contribution >= 0.6 is 0 Å². The van der Waals surface area contributed by atoms with Crippen LogP contribution in [0.4, 0.5) is 5.82 Å². The number of methoxy groups -OCH3 is 1. The average molecular weight is 618 g/mol. The average Bonchev–Trinajstić information content (AvgIpc) is 2.96. The number of aryl methyl sites for hydroxylation is 1. The number of aliphatic hydroxyl groups excluding tert-OH is 1. The van der Waals surface area contributed by atoms with Gasteiger partial charge >= 0.3 is 35.6 Å². The number of sulfonamides is 1. The third kappa shape index (κ3) is 10.4. The largest absolute Gasteiger partial charge is 1.00 e. The van der Waals surface area contributed by atoms with Gasteiger partial charge in [-0.05, 0) is 48.3 Å². The quantitative estimate of drug-likeness (QED) is 0.208. The zero-order valence-electron chi connectivity index (χ0n) is 25.6. The molecule has 2 heterocycles. The van der Waals surface area contributed by atoms with Crippen molar-refractivity contribution in [1.29, 1.82) is 0 Å². The van der Waals surface area contributed by atoms with Crippen molar-refractivity contribution in [2.75, 3.05) is 26.9 Å². The zero-order chi connectivity index (χ0) is 30.8. The minimum atomic E-state index is -4.07. The van der Waals surface area contributed by atoms with Gasteiger partial charge in [-0.1, -0.05) is 62.7 Å². The van der Waals surface area contributed by atoms with Gasteiger partial charge in [0.1, 0.15) is 13.2 Å². The molecule has 0 atom stereocenters. The van der Waals surface area contributed by atoms with Crippen molar-refractivity contribution in [3.8, 4) is 28.8 Å². The molecule has 0 spiro atoms. The van der Waals surface area contributed by atoms with Gasteiger partial charge in [-0.3, -0.25) is 0 Å². The molecular weight excluding hydrogens is 581 g/mol. The Morgan fingerprint density at radius 2 is 1.47 bits per heavy atom. The molecule has 0 aliphatic rings. The summed E-state index contributed by atoms with van der Waals surface area (Å²) in [5.74, 6) is 0.659. The van der Waals surface area contributed by atoms with Crippen LogP contribution in [0.25, 0.3) is 15.8 Å². The first-order chi connectivity index (χ1) is 20.0. The van der Waals surface area contributed by atoms with Crippen molar-refractivity contribution in [2.24, 2.45) is 0 Å². The van der Waals surface area contributed by atoms with Crippen molar-refractivity contribution in [3.05, 3.63) is 83.1 Å². The predicted octanol–water partition coefficient (Wildman–Crippen LogP) is 2.40. The second kappa shape index (κ2) is 16.5. The Hall–Kier alpha value is -3.29. The fourth-order valence-corrected chi connectivity index (χ4v) is 4.51. The van der Waals surface area contributed by atoms with Gasteiger partial charge in [-0.2, -0.15) is 9.97 Å². The molecule has 224 valence electrons. The van der Waals surface area contributed by atoms with Gasteiger partial charge < -0.3 is 29.0 Å². The van der Waals surface area contributed by atoms with E-state index in [0.29, 0.717) is 16.9 Å². The molecule has 0 saturated carbocycles. The molecule has 13 heteroatoms. The Morgan fingerprint density at radius 3 is 2.02 bits per heavy atom. The number of rotatable bonds is 10. The maximum absolute atomic E-state index is 13.3. The maximum atomic E-state index is 13.3. The molecule has 0 amide bonds. The van der Waals surface area contributed by atoms with Crippen LogP contribution in [0, 0.1) is 6.92 Å². The number of aliphatic hydroxyl groups is 1. The van der Waals surface area contributed by atoms with Gasteiger partial charge in [0.25, 0.3) is 0 Å². The number of hydrogen-bond acceptors (Lipinski definition) is 10. The molecule has 0 unspecified atom stereocenters. The molecule has 0 radical (unpaired) electrons. The third-order valence-corrected chi connectivity index (χ3v) is 7.03. The second-order valence-electron chi connectivity index (χ2n) is 10.0. The molecule has 0 bridgehead atoms. The van der Waals surface area contributed by atoms with E-state index in [4.69, 9.17) is 19.3 Å². The Labute approximate surface area is 275 Å². The minimum absolute atomic E-state index is 0. The van der Waals surface area contributed by atoms with Gasteiger partial charge in [0.15, 0.2) is 5.75 Å². The van der Waals surface area contributed by atoms with Crippen molar-refractivity contribution < 1.29 is 57.3 Å². The molecule has 0 fully saturated rings. The fourth-order valence-electron chi connectivity index (χ4n) is 3.56. The SMILES string of the molecule is CCO.COc1cnc(OCCOc2ncnc([N-]S(=O)(=O)c3ccc(C(C)(C)C)cc3)c2-c2ccc(C)cc2)nc1.[Na+]. The number of benzene rings is 2. The summed E-state index contributed by atoms with van der Waals surface area (Å²) in [5, 5.41) is 7.57. The summed E-state index contributed by atoms with van der Waals surface area (Å²) in [6.45, 7) is 10.3. The van der Waals surface area contributed by atoms with Gasteiger partial charge in [0.2, 0.25) is 15.9 Å². The smallest absolute Gasteiger partial charge is 0.494 e. The minimum Gasteiger partial charge on any atom is -0.494 e. The summed E-state index contributed by atoms with van der Waals surface area (Å²) in [5.41, 5.74) is 2.96. The predicted molar refractivity (Wildman–Crippen MR) is 160 cm³/mol. The maximum Gasteiger partial charge on any atom is 1.00 e. The van der Waals surface area contributed by atoms with Crippen LogP contribution < -0.4 is 43.8 Å². The van der Waals surface area contributed by atoms with Crippen molar-refractivity contribution in [2.45, 2.75) is 44.9 Å². The van der Waals surface area contributed by atoms with E-state index in [2.05, 4.69) is 45.4 Å². The van der Waals surface area contributed by atoms with E-state index in [9.17, 15) is 8.42 Å². The standard InChI is InChI=1S/C28H30N5O5S.C2H6O.Na/c1-19-6-8-20(9-7-19)24-25(33-39(34,35)23-12-10-21(11-13-23)28(2,3)4)31-18-32-26(24)37-14-15-38-27-29-16-22(36-5)17-30-27;1-2-3;/h6-13,16-18H,14-15H2,1-5H3;3H,2H2,1H3;/q-1;;+1. The van der Waals surface area contributed by atoms with Crippen molar-refractivity contribution in [3.63, 3.8) is 0 Å². The summed E-state index contributed by atoms with van der Waals surface area (Å²) in [7, 11) is -2.55. The van der Waals surface area contributed by atoms with E-state index >= 15 is 0 Å². The molecule has 4 aromatic rings. The number of nitrogens with zero attached hydrogens (tertiary/aromatic N) is 5. The van der Waals surface area contributed by atoms with E-state index in [1.165, 1.54) is 25.8 Å². The van der Waals surface area contributed by atoms with Crippen LogP contribution in [0.5, 0.6) is 17.6 Å². The summed E-state index contributed by atoms with van der Waals surface area (Å²) in [6.07, 6.45) is 4.21. The molecule has 1 N–H and O–H groups in total. The van der Waals surface area contributed by atoms with Gasteiger partial charge in [-0.15, -0.1) is 0 Å². The summed E-state index contributed by atoms with van der Waals surface area (Å²) < 4.78 is 47.1. The molecule has 2 aromatic heterocycles. The Bertz CT molecular complexity index is 1530. The van der Waals surface area contributed by atoms with Crippen LogP contribution in [0.2, 0.25) is 0 Å². The Balaban J connectivity index is 0.00000155. The van der Waals surface area contributed by atoms with Crippen LogP contribution in [-0.2, 0) is 15.4 Å². The number of aromatic nitrogens is 4. The zero-order valence-corrected chi connectivity index (χ0v) is 28.4. The second-order valence-corrected chi connectivity index (χ2v) is 11.6. The Morgan fingerprint density at radius 1 is 0.884 bits per heavy atom. The van der Waals surface area contributed by atoms with Crippen LogP contribution in [0.3, 0.4) is 0 Å². The monoisotopic (exact) mass is 617 g/mol. The van der Waals surface area contributed by atoms with Crippen LogP contribution in [0.1, 0.15) is 38.8 Å². The summed E-state index contributed by atoms with van der Waals surface area (Å²) >= 11 is 0. The molecule has 0 saturated heterocycles. The van der Waals surface area contributed by atoms with Gasteiger partial charge in [0.05, 0.1) is 24.4 Å². The number of ether oxygens (including phenoxy) is 3. The Kier molecular flexibility index (Phi) is 13.8. The molecule has 43 heavy (non-hydrogen) atoms. The van der Waals surface area contributed by atoms with E-state index in [1.54, 1.807) is 31.2 Å². The molecule has 11 nitrogen and oxygen atoms in total. The first-order valence-electron chi connectivity index (χ1n) is 13.2. The third-order valence-electron chi connectivity index (χ3n) is 5.75. The topological polar surface area (TPSA) is 148 Å². The van der Waals surface area contributed by atoms with Crippen molar-refractivity contribution in [1.82, 2.24) is 19.9 Å². The van der Waals surface area contributed by atoms with Crippen LogP contribution in [-0.4, -0.2) is 60.4 Å². The van der Waals surface area contributed by atoms with Gasteiger partial charge in [0, 0.05) is 18.5 Å². The molecule has 2 aromatic carbocycles. The van der Waals surface area contributed by atoms with E-state index in [1.807, 2.05) is 31.2 Å². The molecule has 4 rings (SSSR count). The van der Waals surface area contributed by atoms with E-state index in [0.717, 1.165) is 11.1 Å². The number of hydrogen-bond donors (Lipinski definition) is 1. The normalized spacial score (nSPS) is 11.0. The van der Waals surface area contributed by atoms with Gasteiger partial charge in [-0.25, -0.2) is 13.4 Å².